The van der Waals surface area contributed by atoms with E-state index >= 15 is 0 Å². The first-order valence-electron chi connectivity index (χ1n) is 7.42. The molecule has 1 aromatic rings. The number of hydrogen-bond donors (Lipinski definition) is 2. The molecule has 2 nitrogen and oxygen atoms in total. The van der Waals surface area contributed by atoms with Crippen molar-refractivity contribution in [1.82, 2.24) is 0 Å². The van der Waals surface area contributed by atoms with E-state index in [2.05, 4.69) is 15.9 Å². The molecule has 1 saturated carbocycles. The molecule has 1 aromatic carbocycles. The van der Waals surface area contributed by atoms with Crippen LogP contribution in [-0.4, -0.2) is 11.7 Å². The Labute approximate surface area is 128 Å². The summed E-state index contributed by atoms with van der Waals surface area (Å²) in [4.78, 5) is 0. The smallest absolute Gasteiger partial charge is 0.137 e. The Bertz CT molecular complexity index is 444. The molecule has 0 aromatic heterocycles. The summed E-state index contributed by atoms with van der Waals surface area (Å²) >= 11 is 3.15. The van der Waals surface area contributed by atoms with Gasteiger partial charge in [-0.3, -0.25) is 0 Å². The molecule has 1 aliphatic rings. The van der Waals surface area contributed by atoms with Crippen molar-refractivity contribution < 1.29 is 9.50 Å². The Morgan fingerprint density at radius 1 is 1.20 bits per heavy atom. The molecular weight excluding hydrogens is 321 g/mol. The van der Waals surface area contributed by atoms with E-state index in [-0.39, 0.29) is 11.2 Å². The molecule has 1 fully saturated rings. The van der Waals surface area contributed by atoms with Crippen LogP contribution in [0.25, 0.3) is 0 Å². The van der Waals surface area contributed by atoms with Crippen molar-refractivity contribution in [3.8, 4) is 0 Å². The zero-order chi connectivity index (χ0) is 14.6. The molecule has 1 unspecified atom stereocenters. The Morgan fingerprint density at radius 3 is 2.35 bits per heavy atom. The second kappa shape index (κ2) is 7.01. The normalized spacial score (nSPS) is 21.0. The number of aliphatic hydroxyl groups is 1. The van der Waals surface area contributed by atoms with Gasteiger partial charge in [-0.1, -0.05) is 38.2 Å². The van der Waals surface area contributed by atoms with Gasteiger partial charge in [0.15, 0.2) is 0 Å². The number of nitrogens with two attached hydrogens (primary N) is 1. The zero-order valence-electron chi connectivity index (χ0n) is 11.7. The van der Waals surface area contributed by atoms with Crippen LogP contribution in [0.5, 0.6) is 0 Å². The highest BCUT2D eigenvalue weighted by Gasteiger charge is 2.37. The van der Waals surface area contributed by atoms with Crippen LogP contribution < -0.4 is 5.73 Å². The fraction of sp³-hybridized carbons (Fsp3) is 0.625. The summed E-state index contributed by atoms with van der Waals surface area (Å²) in [5, 5.41) is 10.8. The minimum Gasteiger partial charge on any atom is -0.388 e. The molecule has 0 aliphatic heterocycles. The minimum absolute atomic E-state index is 0.305. The second-order valence-electron chi connectivity index (χ2n) is 5.91. The van der Waals surface area contributed by atoms with Gasteiger partial charge in [0.25, 0.3) is 0 Å². The third kappa shape index (κ3) is 3.41. The summed E-state index contributed by atoms with van der Waals surface area (Å²) in [6.07, 6.45) is 6.99. The average molecular weight is 344 g/mol. The lowest BCUT2D eigenvalue weighted by Gasteiger charge is -2.39. The highest BCUT2D eigenvalue weighted by Crippen LogP contribution is 2.44. The van der Waals surface area contributed by atoms with Crippen molar-refractivity contribution in [2.75, 3.05) is 6.54 Å². The van der Waals surface area contributed by atoms with Crippen LogP contribution in [0.1, 0.15) is 56.6 Å². The lowest BCUT2D eigenvalue weighted by molar-refractivity contribution is 0.00828. The quantitative estimate of drug-likeness (QED) is 0.858. The summed E-state index contributed by atoms with van der Waals surface area (Å²) in [7, 11) is 0. The van der Waals surface area contributed by atoms with Crippen LogP contribution in [0.4, 0.5) is 4.39 Å². The number of halogens is 2. The van der Waals surface area contributed by atoms with E-state index in [1.807, 2.05) is 0 Å². The van der Waals surface area contributed by atoms with Gasteiger partial charge < -0.3 is 10.8 Å². The number of aliphatic hydroxyl groups excluding tert-OH is 1. The minimum atomic E-state index is -0.687. The molecule has 0 spiro atoms. The molecular formula is C16H23BrFNO. The van der Waals surface area contributed by atoms with Gasteiger partial charge >= 0.3 is 0 Å². The van der Waals surface area contributed by atoms with Gasteiger partial charge in [0.1, 0.15) is 5.82 Å². The lowest BCUT2D eigenvalue weighted by atomic mass is 9.70. The summed E-state index contributed by atoms with van der Waals surface area (Å²) in [5.41, 5.74) is 6.33. The lowest BCUT2D eigenvalue weighted by Crippen LogP contribution is -2.37. The van der Waals surface area contributed by atoms with Gasteiger partial charge in [0.05, 0.1) is 10.6 Å². The topological polar surface area (TPSA) is 46.2 Å². The van der Waals surface area contributed by atoms with Gasteiger partial charge in [-0.25, -0.2) is 4.39 Å². The predicted molar refractivity (Wildman–Crippen MR) is 82.9 cm³/mol. The third-order valence-corrected chi connectivity index (χ3v) is 5.24. The predicted octanol–water partition coefficient (Wildman–Crippen LogP) is 4.31. The molecule has 3 N–H and O–H groups in total. The second-order valence-corrected chi connectivity index (χ2v) is 6.76. The third-order valence-electron chi connectivity index (χ3n) is 4.60. The molecule has 1 aliphatic carbocycles. The summed E-state index contributed by atoms with van der Waals surface area (Å²) in [5.74, 6) is -0.334. The molecule has 2 rings (SSSR count). The van der Waals surface area contributed by atoms with Gasteiger partial charge in [-0.15, -0.1) is 0 Å². The molecule has 0 radical (unpaired) electrons. The molecule has 1 atom stereocenters. The fourth-order valence-electron chi connectivity index (χ4n) is 3.23. The fourth-order valence-corrected chi connectivity index (χ4v) is 3.48. The van der Waals surface area contributed by atoms with Crippen LogP contribution in [0.3, 0.4) is 0 Å². The van der Waals surface area contributed by atoms with E-state index in [4.69, 9.17) is 5.73 Å². The van der Waals surface area contributed by atoms with Crippen LogP contribution in [0, 0.1) is 11.2 Å². The maximum atomic E-state index is 13.7. The monoisotopic (exact) mass is 343 g/mol. The first kappa shape index (κ1) is 15.9. The van der Waals surface area contributed by atoms with Crippen LogP contribution in [0.2, 0.25) is 0 Å². The zero-order valence-corrected chi connectivity index (χ0v) is 13.3. The maximum absolute atomic E-state index is 13.7. The van der Waals surface area contributed by atoms with Crippen LogP contribution in [-0.2, 0) is 0 Å². The van der Waals surface area contributed by atoms with Gasteiger partial charge in [0.2, 0.25) is 0 Å². The van der Waals surface area contributed by atoms with Crippen molar-refractivity contribution in [3.63, 3.8) is 0 Å². The van der Waals surface area contributed by atoms with Crippen molar-refractivity contribution in [2.45, 2.75) is 51.0 Å². The molecule has 0 bridgehead atoms. The summed E-state index contributed by atoms with van der Waals surface area (Å²) in [6, 6.07) is 4.86. The summed E-state index contributed by atoms with van der Waals surface area (Å²) in [6.45, 7) is 0.450. The highest BCUT2D eigenvalue weighted by molar-refractivity contribution is 9.10. The Kier molecular flexibility index (Phi) is 5.58. The van der Waals surface area contributed by atoms with Gasteiger partial charge in [-0.2, -0.15) is 0 Å². The number of hydrogen-bond acceptors (Lipinski definition) is 2. The van der Waals surface area contributed by atoms with Crippen molar-refractivity contribution >= 4 is 15.9 Å². The Balaban J connectivity index is 2.25. The van der Waals surface area contributed by atoms with E-state index in [9.17, 15) is 9.50 Å². The molecule has 0 heterocycles. The van der Waals surface area contributed by atoms with Gasteiger partial charge in [-0.05, 0) is 46.5 Å². The van der Waals surface area contributed by atoms with Crippen LogP contribution >= 0.6 is 15.9 Å². The molecule has 4 heteroatoms. The molecule has 20 heavy (non-hydrogen) atoms. The first-order valence-corrected chi connectivity index (χ1v) is 8.21. The number of rotatable bonds is 3. The van der Waals surface area contributed by atoms with Gasteiger partial charge in [0, 0.05) is 12.0 Å². The van der Waals surface area contributed by atoms with Crippen molar-refractivity contribution in [2.24, 2.45) is 11.1 Å². The van der Waals surface area contributed by atoms with E-state index in [0.717, 1.165) is 25.7 Å². The van der Waals surface area contributed by atoms with Crippen LogP contribution in [0.15, 0.2) is 22.7 Å². The standard InChI is InChI=1S/C16H23BrFNO/c17-13-7-6-12(10-14(13)18)15(20)16(11-19)8-4-2-1-3-5-9-16/h6-7,10,15,20H,1-5,8-9,11,19H2. The first-order chi connectivity index (χ1) is 9.59. The van der Waals surface area contributed by atoms with Crippen molar-refractivity contribution in [3.05, 3.63) is 34.1 Å². The Morgan fingerprint density at radius 2 is 1.80 bits per heavy atom. The molecule has 0 saturated heterocycles. The largest absolute Gasteiger partial charge is 0.388 e. The Hall–Kier alpha value is -0.450. The van der Waals surface area contributed by atoms with E-state index < -0.39 is 6.10 Å². The SMILES string of the molecule is NCC1(C(O)c2ccc(Br)c(F)c2)CCCCCCC1. The summed E-state index contributed by atoms with van der Waals surface area (Å²) < 4.78 is 14.1. The number of benzene rings is 1. The van der Waals surface area contributed by atoms with E-state index in [1.54, 1.807) is 12.1 Å². The van der Waals surface area contributed by atoms with E-state index in [1.165, 1.54) is 25.3 Å². The molecule has 112 valence electrons. The molecule has 0 amide bonds. The van der Waals surface area contributed by atoms with Crippen molar-refractivity contribution in [1.29, 1.82) is 0 Å². The van der Waals surface area contributed by atoms with E-state index in [0.29, 0.717) is 16.6 Å². The maximum Gasteiger partial charge on any atom is 0.137 e. The average Bonchev–Trinajstić information content (AvgIpc) is 2.42. The highest BCUT2D eigenvalue weighted by atomic mass is 79.9.